The van der Waals surface area contributed by atoms with E-state index in [1.165, 1.54) is 18.1 Å². The number of fused-ring (bicyclic) bond motifs is 2. The molecule has 150 valence electrons. The van der Waals surface area contributed by atoms with Gasteiger partial charge in [0.1, 0.15) is 17.1 Å². The quantitative estimate of drug-likeness (QED) is 0.663. The van der Waals surface area contributed by atoms with Gasteiger partial charge in [0.2, 0.25) is 5.76 Å². The SMILES string of the molecule is COc1ccc2c(=O)c3c(oc2c1)C(=O)N(CCN(C)C)[C@H]3c1ccccc1F. The summed E-state index contributed by atoms with van der Waals surface area (Å²) in [6, 6.07) is 10.2. The van der Waals surface area contributed by atoms with Gasteiger partial charge in [-0.05, 0) is 32.3 Å². The van der Waals surface area contributed by atoms with Gasteiger partial charge in [0.25, 0.3) is 5.91 Å². The summed E-state index contributed by atoms with van der Waals surface area (Å²) in [7, 11) is 5.28. The van der Waals surface area contributed by atoms with Gasteiger partial charge in [-0.25, -0.2) is 4.39 Å². The summed E-state index contributed by atoms with van der Waals surface area (Å²) in [5, 5.41) is 0.327. The van der Waals surface area contributed by atoms with Crippen molar-refractivity contribution in [2.75, 3.05) is 34.3 Å². The summed E-state index contributed by atoms with van der Waals surface area (Å²) in [5.41, 5.74) is 0.385. The number of halogens is 1. The molecular formula is C22H21FN2O4. The van der Waals surface area contributed by atoms with Crippen molar-refractivity contribution in [3.8, 4) is 5.75 Å². The van der Waals surface area contributed by atoms with Gasteiger partial charge in [0.15, 0.2) is 5.43 Å². The summed E-state index contributed by atoms with van der Waals surface area (Å²) in [5.74, 6) is -0.414. The molecule has 0 spiro atoms. The molecule has 2 heterocycles. The highest BCUT2D eigenvalue weighted by atomic mass is 19.1. The van der Waals surface area contributed by atoms with Crippen molar-refractivity contribution in [3.05, 3.63) is 75.4 Å². The van der Waals surface area contributed by atoms with E-state index >= 15 is 0 Å². The predicted molar refractivity (Wildman–Crippen MR) is 107 cm³/mol. The van der Waals surface area contributed by atoms with Crippen LogP contribution in [0.3, 0.4) is 0 Å². The molecule has 0 saturated carbocycles. The molecule has 0 fully saturated rings. The zero-order chi connectivity index (χ0) is 20.7. The zero-order valence-electron chi connectivity index (χ0n) is 16.4. The number of nitrogens with zero attached hydrogens (tertiary/aromatic N) is 2. The largest absolute Gasteiger partial charge is 0.497 e. The number of likely N-dealkylation sites (N-methyl/N-ethyl adjacent to an activating group) is 1. The Labute approximate surface area is 167 Å². The standard InChI is InChI=1S/C22H21FN2O4/c1-24(2)10-11-25-19(14-6-4-5-7-16(14)23)18-20(26)15-9-8-13(28-3)12-17(15)29-21(18)22(25)27/h4-9,12,19H,10-11H2,1-3H3/t19-/m0/s1. The third-order valence-corrected chi connectivity index (χ3v) is 5.16. The maximum Gasteiger partial charge on any atom is 0.290 e. The average Bonchev–Trinajstić information content (AvgIpc) is 2.98. The first kappa shape index (κ1) is 19.1. The second-order valence-electron chi connectivity index (χ2n) is 7.26. The van der Waals surface area contributed by atoms with Crippen molar-refractivity contribution in [3.63, 3.8) is 0 Å². The first-order chi connectivity index (χ1) is 13.9. The highest BCUT2D eigenvalue weighted by molar-refractivity contribution is 5.99. The van der Waals surface area contributed by atoms with Crippen molar-refractivity contribution < 1.29 is 18.3 Å². The van der Waals surface area contributed by atoms with Crippen molar-refractivity contribution in [1.29, 1.82) is 0 Å². The second kappa shape index (κ2) is 7.33. The summed E-state index contributed by atoms with van der Waals surface area (Å²) in [4.78, 5) is 29.9. The Balaban J connectivity index is 1.96. The minimum Gasteiger partial charge on any atom is -0.497 e. The van der Waals surface area contributed by atoms with Crippen LogP contribution in [0.1, 0.15) is 27.7 Å². The van der Waals surface area contributed by atoms with E-state index in [0.29, 0.717) is 24.2 Å². The molecule has 0 N–H and O–H groups in total. The van der Waals surface area contributed by atoms with Gasteiger partial charge in [-0.2, -0.15) is 0 Å². The lowest BCUT2D eigenvalue weighted by atomic mass is 9.98. The summed E-state index contributed by atoms with van der Waals surface area (Å²) < 4.78 is 25.7. The van der Waals surface area contributed by atoms with E-state index in [1.54, 1.807) is 36.4 Å². The minimum absolute atomic E-state index is 0.0391. The summed E-state index contributed by atoms with van der Waals surface area (Å²) in [6.07, 6.45) is 0. The molecular weight excluding hydrogens is 375 g/mol. The topological polar surface area (TPSA) is 63.0 Å². The Morgan fingerprint density at radius 2 is 1.93 bits per heavy atom. The number of ether oxygens (including phenoxy) is 1. The van der Waals surface area contributed by atoms with E-state index < -0.39 is 17.8 Å². The Morgan fingerprint density at radius 1 is 1.17 bits per heavy atom. The smallest absolute Gasteiger partial charge is 0.290 e. The third-order valence-electron chi connectivity index (χ3n) is 5.16. The normalized spacial score (nSPS) is 16.0. The van der Waals surface area contributed by atoms with Crippen LogP contribution in [-0.2, 0) is 0 Å². The van der Waals surface area contributed by atoms with Crippen molar-refractivity contribution in [2.24, 2.45) is 0 Å². The highest BCUT2D eigenvalue weighted by Crippen LogP contribution is 2.39. The molecule has 29 heavy (non-hydrogen) atoms. The number of rotatable bonds is 5. The molecule has 6 nitrogen and oxygen atoms in total. The summed E-state index contributed by atoms with van der Waals surface area (Å²) in [6.45, 7) is 0.889. The van der Waals surface area contributed by atoms with Crippen LogP contribution in [-0.4, -0.2) is 50.0 Å². The molecule has 0 radical (unpaired) electrons. The number of hydrogen-bond donors (Lipinski definition) is 0. The Morgan fingerprint density at radius 3 is 2.62 bits per heavy atom. The first-order valence-electron chi connectivity index (χ1n) is 9.27. The lowest BCUT2D eigenvalue weighted by Crippen LogP contribution is -2.35. The van der Waals surface area contributed by atoms with Crippen LogP contribution in [0.4, 0.5) is 4.39 Å². The average molecular weight is 396 g/mol. The lowest BCUT2D eigenvalue weighted by Gasteiger charge is -2.26. The van der Waals surface area contributed by atoms with Gasteiger partial charge >= 0.3 is 0 Å². The van der Waals surface area contributed by atoms with Gasteiger partial charge in [-0.1, -0.05) is 18.2 Å². The fourth-order valence-electron chi connectivity index (χ4n) is 3.68. The fraction of sp³-hybridized carbons (Fsp3) is 0.273. The van der Waals surface area contributed by atoms with Crippen LogP contribution in [0.25, 0.3) is 11.0 Å². The van der Waals surface area contributed by atoms with Crippen molar-refractivity contribution >= 4 is 16.9 Å². The van der Waals surface area contributed by atoms with Gasteiger partial charge in [0, 0.05) is 24.7 Å². The molecule has 1 aliphatic rings. The van der Waals surface area contributed by atoms with Gasteiger partial charge < -0.3 is 19.0 Å². The van der Waals surface area contributed by atoms with E-state index in [-0.39, 0.29) is 27.9 Å². The van der Waals surface area contributed by atoms with Crippen molar-refractivity contribution in [1.82, 2.24) is 9.80 Å². The minimum atomic E-state index is -0.832. The van der Waals surface area contributed by atoms with Crippen LogP contribution in [0.5, 0.6) is 5.75 Å². The van der Waals surface area contributed by atoms with E-state index in [9.17, 15) is 14.0 Å². The van der Waals surface area contributed by atoms with Crippen LogP contribution >= 0.6 is 0 Å². The van der Waals surface area contributed by atoms with Crippen molar-refractivity contribution in [2.45, 2.75) is 6.04 Å². The molecule has 7 heteroatoms. The number of carbonyl (C=O) groups excluding carboxylic acids is 1. The molecule has 0 saturated heterocycles. The number of carbonyl (C=O) groups is 1. The van der Waals surface area contributed by atoms with Crippen LogP contribution < -0.4 is 10.2 Å². The number of amides is 1. The van der Waals surface area contributed by atoms with E-state index in [0.717, 1.165) is 0 Å². The molecule has 2 aromatic carbocycles. The third kappa shape index (κ3) is 3.17. The number of hydrogen-bond acceptors (Lipinski definition) is 5. The molecule has 1 amide bonds. The predicted octanol–water partition coefficient (Wildman–Crippen LogP) is 3.05. The maximum absolute atomic E-state index is 14.7. The molecule has 0 bridgehead atoms. The maximum atomic E-state index is 14.7. The second-order valence-corrected chi connectivity index (χ2v) is 7.26. The van der Waals surface area contributed by atoms with E-state index in [1.807, 2.05) is 19.0 Å². The highest BCUT2D eigenvalue weighted by Gasteiger charge is 2.43. The molecule has 1 aliphatic heterocycles. The number of benzene rings is 2. The van der Waals surface area contributed by atoms with Crippen LogP contribution in [0.15, 0.2) is 51.7 Å². The molecule has 1 aromatic heterocycles. The number of methoxy groups -OCH3 is 1. The Kier molecular flexibility index (Phi) is 4.84. The van der Waals surface area contributed by atoms with Crippen LogP contribution in [0.2, 0.25) is 0 Å². The van der Waals surface area contributed by atoms with Crippen LogP contribution in [0, 0.1) is 5.82 Å². The Hall–Kier alpha value is -3.19. The zero-order valence-corrected chi connectivity index (χ0v) is 16.4. The molecule has 1 atom stereocenters. The van der Waals surface area contributed by atoms with Gasteiger partial charge in [-0.3, -0.25) is 9.59 Å². The molecule has 4 rings (SSSR count). The fourth-order valence-corrected chi connectivity index (χ4v) is 3.68. The molecule has 0 unspecified atom stereocenters. The molecule has 3 aromatic rings. The first-order valence-corrected chi connectivity index (χ1v) is 9.27. The molecule has 0 aliphatic carbocycles. The van der Waals surface area contributed by atoms with E-state index in [4.69, 9.17) is 9.15 Å². The summed E-state index contributed by atoms with van der Waals surface area (Å²) >= 11 is 0. The lowest BCUT2D eigenvalue weighted by molar-refractivity contribution is 0.0714. The van der Waals surface area contributed by atoms with E-state index in [2.05, 4.69) is 0 Å². The Bertz CT molecular complexity index is 1160. The van der Waals surface area contributed by atoms with Gasteiger partial charge in [0.05, 0.1) is 24.1 Å². The van der Waals surface area contributed by atoms with Gasteiger partial charge in [-0.15, -0.1) is 0 Å². The monoisotopic (exact) mass is 396 g/mol.